The van der Waals surface area contributed by atoms with Crippen molar-refractivity contribution in [3.05, 3.63) is 54.6 Å². The minimum atomic E-state index is -0.513. The van der Waals surface area contributed by atoms with E-state index < -0.39 is 5.25 Å². The van der Waals surface area contributed by atoms with Crippen LogP contribution >= 0.6 is 11.8 Å². The molecule has 0 aliphatic carbocycles. The Morgan fingerprint density at radius 2 is 1.85 bits per heavy atom. The van der Waals surface area contributed by atoms with Crippen molar-refractivity contribution >= 4 is 40.1 Å². The van der Waals surface area contributed by atoms with Crippen molar-refractivity contribution in [3.63, 3.8) is 0 Å². The van der Waals surface area contributed by atoms with Gasteiger partial charge in [-0.1, -0.05) is 42.1 Å². The highest BCUT2D eigenvalue weighted by Gasteiger charge is 2.39. The van der Waals surface area contributed by atoms with Crippen LogP contribution in [0, 0.1) is 0 Å². The monoisotopic (exact) mass is 482 g/mol. The summed E-state index contributed by atoms with van der Waals surface area (Å²) in [5, 5.41) is 2.96. The molecule has 9 heteroatoms. The van der Waals surface area contributed by atoms with E-state index in [1.165, 1.54) is 11.8 Å². The Balaban J connectivity index is 1.46. The Kier molecular flexibility index (Phi) is 8.56. The number of anilines is 1. The average molecular weight is 483 g/mol. The minimum Gasteiger partial charge on any atom is -0.494 e. The van der Waals surface area contributed by atoms with Crippen molar-refractivity contribution in [2.45, 2.75) is 18.1 Å². The molecule has 1 N–H and O–H groups in total. The minimum absolute atomic E-state index is 0.0798. The molecule has 2 aromatic carbocycles. The van der Waals surface area contributed by atoms with Crippen LogP contribution in [0.25, 0.3) is 0 Å². The lowest BCUT2D eigenvalue weighted by molar-refractivity contribution is -0.128. The summed E-state index contributed by atoms with van der Waals surface area (Å²) < 4.78 is 10.9. The largest absolute Gasteiger partial charge is 0.494 e. The average Bonchev–Trinajstić information content (AvgIpc) is 3.14. The van der Waals surface area contributed by atoms with E-state index in [0.717, 1.165) is 39.3 Å². The number of thioether (sulfide) groups is 1. The number of aliphatic imine (C=N–C) groups is 1. The Labute approximate surface area is 204 Å². The van der Waals surface area contributed by atoms with Crippen LogP contribution in [0.3, 0.4) is 0 Å². The topological polar surface area (TPSA) is 83.5 Å². The number of ether oxygens (including phenoxy) is 2. The number of amides is 2. The molecule has 0 bridgehead atoms. The molecule has 0 aromatic heterocycles. The third-order valence-electron chi connectivity index (χ3n) is 5.71. The Hall–Kier alpha value is -2.88. The molecule has 0 spiro atoms. The van der Waals surface area contributed by atoms with Crippen LogP contribution in [0.4, 0.5) is 11.4 Å². The molecule has 4 rings (SSSR count). The lowest BCUT2D eigenvalue weighted by atomic mass is 10.2. The highest BCUT2D eigenvalue weighted by molar-refractivity contribution is 8.15. The molecule has 0 unspecified atom stereocenters. The zero-order valence-electron chi connectivity index (χ0n) is 19.3. The fraction of sp³-hybridized carbons (Fsp3) is 0.400. The molecule has 1 atom stereocenters. The predicted molar refractivity (Wildman–Crippen MR) is 135 cm³/mol. The number of rotatable bonds is 9. The molecular formula is C25H30N4O4S. The number of morpholine rings is 1. The summed E-state index contributed by atoms with van der Waals surface area (Å²) in [7, 11) is 1.60. The number of nitrogens with one attached hydrogen (secondary N) is 1. The summed E-state index contributed by atoms with van der Waals surface area (Å²) in [6.07, 6.45) is 0.906. The summed E-state index contributed by atoms with van der Waals surface area (Å²) in [6, 6.07) is 16.7. The Bertz CT molecular complexity index is 1010. The van der Waals surface area contributed by atoms with Gasteiger partial charge in [0.2, 0.25) is 11.8 Å². The molecule has 2 saturated heterocycles. The number of amidine groups is 1. The van der Waals surface area contributed by atoms with Crippen LogP contribution in [0.2, 0.25) is 0 Å². The van der Waals surface area contributed by atoms with Gasteiger partial charge in [-0.15, -0.1) is 0 Å². The van der Waals surface area contributed by atoms with Gasteiger partial charge in [-0.25, -0.2) is 4.99 Å². The van der Waals surface area contributed by atoms with Gasteiger partial charge < -0.3 is 14.8 Å². The first-order valence-corrected chi connectivity index (χ1v) is 12.4. The molecule has 2 aromatic rings. The summed E-state index contributed by atoms with van der Waals surface area (Å²) in [5.41, 5.74) is 1.38. The smallest absolute Gasteiger partial charge is 0.242 e. The van der Waals surface area contributed by atoms with Gasteiger partial charge in [0.15, 0.2) is 5.17 Å². The van der Waals surface area contributed by atoms with Crippen LogP contribution in [0.1, 0.15) is 12.8 Å². The molecule has 0 radical (unpaired) electrons. The number of nitrogens with zero attached hydrogens (tertiary/aromatic N) is 3. The zero-order chi connectivity index (χ0) is 23.8. The fourth-order valence-electron chi connectivity index (χ4n) is 3.94. The van der Waals surface area contributed by atoms with Gasteiger partial charge >= 0.3 is 0 Å². The van der Waals surface area contributed by atoms with E-state index in [-0.39, 0.29) is 18.2 Å². The van der Waals surface area contributed by atoms with Crippen LogP contribution in [0.5, 0.6) is 5.75 Å². The highest BCUT2D eigenvalue weighted by atomic mass is 32.2. The van der Waals surface area contributed by atoms with Crippen LogP contribution in [-0.2, 0) is 14.3 Å². The first-order valence-electron chi connectivity index (χ1n) is 11.5. The lowest BCUT2D eigenvalue weighted by Gasteiger charge is -2.27. The van der Waals surface area contributed by atoms with Crippen LogP contribution < -0.4 is 10.1 Å². The number of methoxy groups -OCH3 is 1. The predicted octanol–water partition coefficient (Wildman–Crippen LogP) is 3.38. The summed E-state index contributed by atoms with van der Waals surface area (Å²) >= 11 is 1.34. The van der Waals surface area contributed by atoms with Crippen molar-refractivity contribution in [2.75, 3.05) is 51.8 Å². The second-order valence-corrected chi connectivity index (χ2v) is 9.26. The van der Waals surface area contributed by atoms with Crippen molar-refractivity contribution in [1.82, 2.24) is 9.80 Å². The molecule has 2 amide bonds. The Morgan fingerprint density at radius 3 is 2.62 bits per heavy atom. The van der Waals surface area contributed by atoms with Gasteiger partial charge in [-0.3, -0.25) is 19.4 Å². The zero-order valence-corrected chi connectivity index (χ0v) is 20.1. The van der Waals surface area contributed by atoms with E-state index in [1.807, 2.05) is 54.6 Å². The normalized spacial score (nSPS) is 20.0. The highest BCUT2D eigenvalue weighted by Crippen LogP contribution is 2.34. The van der Waals surface area contributed by atoms with Crippen molar-refractivity contribution < 1.29 is 19.1 Å². The van der Waals surface area contributed by atoms with E-state index in [0.29, 0.717) is 28.8 Å². The van der Waals surface area contributed by atoms with Crippen molar-refractivity contribution in [3.8, 4) is 5.75 Å². The van der Waals surface area contributed by atoms with E-state index in [9.17, 15) is 9.59 Å². The summed E-state index contributed by atoms with van der Waals surface area (Å²) in [6.45, 7) is 4.75. The molecule has 2 aliphatic heterocycles. The molecule has 34 heavy (non-hydrogen) atoms. The fourth-order valence-corrected chi connectivity index (χ4v) is 5.11. The number of benzene rings is 2. The number of para-hydroxylation sites is 3. The molecule has 8 nitrogen and oxygen atoms in total. The number of carbonyl (C=O) groups is 2. The van der Waals surface area contributed by atoms with Crippen molar-refractivity contribution in [1.29, 1.82) is 0 Å². The number of carbonyl (C=O) groups excluding carboxylic acids is 2. The molecular weight excluding hydrogens is 452 g/mol. The maximum absolute atomic E-state index is 13.3. The second kappa shape index (κ2) is 12.0. The van der Waals surface area contributed by atoms with Gasteiger partial charge in [0.25, 0.3) is 0 Å². The Morgan fingerprint density at radius 1 is 1.12 bits per heavy atom. The van der Waals surface area contributed by atoms with Gasteiger partial charge in [0, 0.05) is 38.3 Å². The molecule has 2 heterocycles. The van der Waals surface area contributed by atoms with E-state index in [1.54, 1.807) is 12.0 Å². The van der Waals surface area contributed by atoms with Gasteiger partial charge in [0.05, 0.1) is 20.3 Å². The lowest BCUT2D eigenvalue weighted by Crippen LogP contribution is -2.39. The van der Waals surface area contributed by atoms with E-state index >= 15 is 0 Å². The summed E-state index contributed by atoms with van der Waals surface area (Å²) in [5.74, 6) is 0.370. The molecule has 180 valence electrons. The number of hydrogen-bond donors (Lipinski definition) is 1. The van der Waals surface area contributed by atoms with E-state index in [2.05, 4.69) is 10.2 Å². The molecule has 2 aliphatic rings. The third-order valence-corrected chi connectivity index (χ3v) is 6.88. The first-order chi connectivity index (χ1) is 16.6. The number of hydrogen-bond acceptors (Lipinski definition) is 7. The summed E-state index contributed by atoms with van der Waals surface area (Å²) in [4.78, 5) is 34.8. The maximum atomic E-state index is 13.3. The SMILES string of the molecule is COc1ccccc1N=C1S[C@H](CC(=O)Nc2ccccc2)C(=O)N1CCCN1CCOCC1. The third kappa shape index (κ3) is 6.37. The quantitative estimate of drug-likeness (QED) is 0.590. The molecule has 0 saturated carbocycles. The van der Waals surface area contributed by atoms with Gasteiger partial charge in [-0.2, -0.15) is 0 Å². The standard InChI is InChI=1S/C25H30N4O4S/c1-32-21-11-6-5-10-20(21)27-25-29(13-7-12-28-14-16-33-17-15-28)24(31)22(34-25)18-23(30)26-19-8-3-2-4-9-19/h2-6,8-11,22H,7,12-18H2,1H3,(H,26,30)/t22-/m1/s1. The van der Waals surface area contributed by atoms with Crippen LogP contribution in [-0.4, -0.2) is 78.5 Å². The maximum Gasteiger partial charge on any atom is 0.242 e. The van der Waals surface area contributed by atoms with Gasteiger partial charge in [0.1, 0.15) is 16.7 Å². The van der Waals surface area contributed by atoms with Crippen molar-refractivity contribution in [2.24, 2.45) is 4.99 Å². The molecule has 2 fully saturated rings. The van der Waals surface area contributed by atoms with Gasteiger partial charge in [-0.05, 0) is 30.7 Å². The first kappa shape index (κ1) is 24.3. The van der Waals surface area contributed by atoms with E-state index in [4.69, 9.17) is 14.5 Å². The van der Waals surface area contributed by atoms with Crippen LogP contribution in [0.15, 0.2) is 59.6 Å². The second-order valence-electron chi connectivity index (χ2n) is 8.09.